The number of alkyl halides is 3. The van der Waals surface area contributed by atoms with Crippen LogP contribution in [0.25, 0.3) is 0 Å². The van der Waals surface area contributed by atoms with E-state index in [0.717, 1.165) is 49.8 Å². The molecule has 0 radical (unpaired) electrons. The molecule has 0 unspecified atom stereocenters. The standard InChI is InChI=1S/C30H29F3N2O3/c1-38-23-17-11-19(12-18-23)27-26(28(36)34-21-15-13-20(14-16-21)30(31,32)33)24-9-5-6-10-25(24)29(37)35(27)22-7-3-2-4-8-22/h5-6,9-18,22,26-27H,2-4,7-8H2,1H3,(H,34,36)/t26-,27-/m1/s1. The highest BCUT2D eigenvalue weighted by Gasteiger charge is 2.46. The normalized spacial score (nSPS) is 20.1. The summed E-state index contributed by atoms with van der Waals surface area (Å²) < 4.78 is 44.5. The highest BCUT2D eigenvalue weighted by atomic mass is 19.4. The smallest absolute Gasteiger partial charge is 0.416 e. The molecule has 3 aromatic carbocycles. The first-order valence-electron chi connectivity index (χ1n) is 12.8. The summed E-state index contributed by atoms with van der Waals surface area (Å²) in [4.78, 5) is 29.8. The number of amides is 2. The van der Waals surface area contributed by atoms with Crippen molar-refractivity contribution in [1.82, 2.24) is 4.90 Å². The summed E-state index contributed by atoms with van der Waals surface area (Å²) in [6.07, 6.45) is 0.370. The Bertz CT molecular complexity index is 1300. The van der Waals surface area contributed by atoms with Crippen LogP contribution in [0.3, 0.4) is 0 Å². The second kappa shape index (κ2) is 10.5. The molecule has 2 atom stereocenters. The molecule has 1 aliphatic heterocycles. The SMILES string of the molecule is COc1ccc([C@@H]2[C@H](C(=O)Nc3ccc(C(F)(F)F)cc3)c3ccccc3C(=O)N2C2CCCCC2)cc1. The van der Waals surface area contributed by atoms with Gasteiger partial charge in [-0.15, -0.1) is 0 Å². The van der Waals surface area contributed by atoms with Gasteiger partial charge in [-0.1, -0.05) is 49.6 Å². The van der Waals surface area contributed by atoms with Gasteiger partial charge in [0.1, 0.15) is 5.75 Å². The van der Waals surface area contributed by atoms with E-state index >= 15 is 0 Å². The Morgan fingerprint density at radius 2 is 1.58 bits per heavy atom. The summed E-state index contributed by atoms with van der Waals surface area (Å²) in [5, 5.41) is 2.82. The number of benzene rings is 3. The largest absolute Gasteiger partial charge is 0.497 e. The van der Waals surface area contributed by atoms with Crippen LogP contribution in [-0.4, -0.2) is 29.9 Å². The number of rotatable bonds is 5. The van der Waals surface area contributed by atoms with Gasteiger partial charge in [0.25, 0.3) is 5.91 Å². The molecule has 1 saturated carbocycles. The highest BCUT2D eigenvalue weighted by molar-refractivity contribution is 6.04. The average Bonchev–Trinajstić information content (AvgIpc) is 2.93. The maximum absolute atomic E-state index is 14.0. The lowest BCUT2D eigenvalue weighted by atomic mass is 9.77. The number of ether oxygens (including phenoxy) is 1. The van der Waals surface area contributed by atoms with Gasteiger partial charge in [0, 0.05) is 17.3 Å². The van der Waals surface area contributed by atoms with E-state index in [-0.39, 0.29) is 23.5 Å². The molecule has 0 spiro atoms. The molecule has 198 valence electrons. The summed E-state index contributed by atoms with van der Waals surface area (Å²) in [6, 6.07) is 18.3. The Labute approximate surface area is 219 Å². The zero-order valence-electron chi connectivity index (χ0n) is 21.0. The second-order valence-corrected chi connectivity index (χ2v) is 9.85. The highest BCUT2D eigenvalue weighted by Crippen LogP contribution is 2.46. The fourth-order valence-corrected chi connectivity index (χ4v) is 5.71. The molecule has 5 nitrogen and oxygen atoms in total. The van der Waals surface area contributed by atoms with Gasteiger partial charge >= 0.3 is 6.18 Å². The number of carbonyl (C=O) groups excluding carboxylic acids is 2. The molecule has 0 saturated heterocycles. The molecule has 8 heteroatoms. The molecular formula is C30H29F3N2O3. The molecule has 1 heterocycles. The van der Waals surface area contributed by atoms with Crippen LogP contribution in [-0.2, 0) is 11.0 Å². The number of carbonyl (C=O) groups is 2. The van der Waals surface area contributed by atoms with Gasteiger partial charge in [-0.3, -0.25) is 9.59 Å². The number of hydrogen-bond donors (Lipinski definition) is 1. The molecule has 1 N–H and O–H groups in total. The number of fused-ring (bicyclic) bond motifs is 1. The third-order valence-electron chi connectivity index (χ3n) is 7.56. The van der Waals surface area contributed by atoms with Crippen LogP contribution in [0, 0.1) is 0 Å². The van der Waals surface area contributed by atoms with Gasteiger partial charge in [0.15, 0.2) is 0 Å². The number of methoxy groups -OCH3 is 1. The summed E-state index contributed by atoms with van der Waals surface area (Å²) in [5.41, 5.74) is 1.36. The quantitative estimate of drug-likeness (QED) is 0.394. The van der Waals surface area contributed by atoms with Crippen molar-refractivity contribution in [3.05, 3.63) is 95.1 Å². The third-order valence-corrected chi connectivity index (χ3v) is 7.56. The molecule has 38 heavy (non-hydrogen) atoms. The Morgan fingerprint density at radius 1 is 0.921 bits per heavy atom. The minimum atomic E-state index is -4.47. The maximum Gasteiger partial charge on any atom is 0.416 e. The van der Waals surface area contributed by atoms with Gasteiger partial charge in [-0.2, -0.15) is 13.2 Å². The Morgan fingerprint density at radius 3 is 2.21 bits per heavy atom. The fraction of sp³-hybridized carbons (Fsp3) is 0.333. The molecule has 0 aromatic heterocycles. The average molecular weight is 523 g/mol. The van der Waals surface area contributed by atoms with Crippen molar-refractivity contribution in [2.45, 2.75) is 56.3 Å². The predicted molar refractivity (Wildman–Crippen MR) is 138 cm³/mol. The van der Waals surface area contributed by atoms with Gasteiger partial charge < -0.3 is 15.0 Å². The van der Waals surface area contributed by atoms with Crippen molar-refractivity contribution in [2.24, 2.45) is 0 Å². The van der Waals surface area contributed by atoms with Crippen LogP contribution in [0.5, 0.6) is 5.75 Å². The van der Waals surface area contributed by atoms with Gasteiger partial charge in [-0.25, -0.2) is 0 Å². The molecule has 5 rings (SSSR count). The minimum Gasteiger partial charge on any atom is -0.497 e. The van der Waals surface area contributed by atoms with Crippen LogP contribution in [0.4, 0.5) is 18.9 Å². The van der Waals surface area contributed by atoms with Crippen LogP contribution >= 0.6 is 0 Å². The topological polar surface area (TPSA) is 58.6 Å². The first kappa shape index (κ1) is 25.8. The number of nitrogens with zero attached hydrogens (tertiary/aromatic N) is 1. The van der Waals surface area contributed by atoms with Crippen molar-refractivity contribution < 1.29 is 27.5 Å². The minimum absolute atomic E-state index is 0.0157. The molecule has 1 fully saturated rings. The Kier molecular flexibility index (Phi) is 7.15. The van der Waals surface area contributed by atoms with E-state index in [2.05, 4.69) is 5.32 Å². The monoisotopic (exact) mass is 522 g/mol. The lowest BCUT2D eigenvalue weighted by Crippen LogP contribution is -2.51. The summed E-state index contributed by atoms with van der Waals surface area (Å²) in [6.45, 7) is 0. The van der Waals surface area contributed by atoms with Crippen LogP contribution in [0.2, 0.25) is 0 Å². The van der Waals surface area contributed by atoms with Gasteiger partial charge in [0.05, 0.1) is 24.6 Å². The molecule has 0 bridgehead atoms. The number of nitrogens with one attached hydrogen (secondary N) is 1. The van der Waals surface area contributed by atoms with Crippen molar-refractivity contribution in [3.8, 4) is 5.75 Å². The third kappa shape index (κ3) is 4.99. The zero-order valence-corrected chi connectivity index (χ0v) is 21.0. The maximum atomic E-state index is 14.0. The molecule has 1 aliphatic carbocycles. The van der Waals surface area contributed by atoms with Crippen molar-refractivity contribution >= 4 is 17.5 Å². The van der Waals surface area contributed by atoms with Crippen LogP contribution < -0.4 is 10.1 Å². The zero-order chi connectivity index (χ0) is 26.9. The van der Waals surface area contributed by atoms with Crippen LogP contribution in [0.1, 0.15) is 71.1 Å². The first-order chi connectivity index (χ1) is 18.3. The van der Waals surface area contributed by atoms with E-state index in [1.54, 1.807) is 31.4 Å². The number of hydrogen-bond acceptors (Lipinski definition) is 3. The van der Waals surface area contributed by atoms with Crippen molar-refractivity contribution in [3.63, 3.8) is 0 Å². The molecule has 3 aromatic rings. The first-order valence-corrected chi connectivity index (χ1v) is 12.8. The Balaban J connectivity index is 1.58. The van der Waals surface area contributed by atoms with E-state index < -0.39 is 23.7 Å². The predicted octanol–water partition coefficient (Wildman–Crippen LogP) is 6.97. The van der Waals surface area contributed by atoms with E-state index in [1.165, 1.54) is 12.1 Å². The molecular weight excluding hydrogens is 493 g/mol. The van der Waals surface area contributed by atoms with Crippen LogP contribution in [0.15, 0.2) is 72.8 Å². The number of halogens is 3. The summed E-state index contributed by atoms with van der Waals surface area (Å²) >= 11 is 0. The lowest BCUT2D eigenvalue weighted by Gasteiger charge is -2.46. The Hall–Kier alpha value is -3.81. The van der Waals surface area contributed by atoms with E-state index in [9.17, 15) is 22.8 Å². The van der Waals surface area contributed by atoms with Crippen molar-refractivity contribution in [2.75, 3.05) is 12.4 Å². The van der Waals surface area contributed by atoms with E-state index in [4.69, 9.17) is 4.74 Å². The summed E-state index contributed by atoms with van der Waals surface area (Å²) in [7, 11) is 1.57. The van der Waals surface area contributed by atoms with E-state index in [0.29, 0.717) is 16.9 Å². The number of anilines is 1. The van der Waals surface area contributed by atoms with Crippen molar-refractivity contribution in [1.29, 1.82) is 0 Å². The van der Waals surface area contributed by atoms with E-state index in [1.807, 2.05) is 29.2 Å². The fourth-order valence-electron chi connectivity index (χ4n) is 5.71. The summed E-state index contributed by atoms with van der Waals surface area (Å²) in [5.74, 6) is -0.592. The second-order valence-electron chi connectivity index (χ2n) is 9.85. The molecule has 2 amide bonds. The molecule has 2 aliphatic rings. The van der Waals surface area contributed by atoms with Gasteiger partial charge in [-0.05, 0) is 66.4 Å². The lowest BCUT2D eigenvalue weighted by molar-refractivity contribution is -0.137. The van der Waals surface area contributed by atoms with Gasteiger partial charge in [0.2, 0.25) is 5.91 Å².